The lowest BCUT2D eigenvalue weighted by molar-refractivity contribution is -0.0117. The molecule has 1 heterocycles. The van der Waals surface area contributed by atoms with Gasteiger partial charge in [0.1, 0.15) is 0 Å². The van der Waals surface area contributed by atoms with E-state index in [0.29, 0.717) is 5.56 Å². The van der Waals surface area contributed by atoms with Gasteiger partial charge in [0.15, 0.2) is 0 Å². The quantitative estimate of drug-likeness (QED) is 0.861. The molecule has 0 amide bonds. The average Bonchev–Trinajstić information content (AvgIpc) is 2.37. The number of aromatic carboxylic acids is 1. The second-order valence-corrected chi connectivity index (χ2v) is 4.97. The number of morpholine rings is 1. The number of rotatable bonds is 4. The maximum Gasteiger partial charge on any atom is 0.335 e. The number of carboxylic acid groups (broad SMARTS) is 1. The number of anilines is 1. The molecule has 0 aliphatic carbocycles. The molecule has 2 N–H and O–H groups in total. The molecular weight excluding hydrogens is 244 g/mol. The molecule has 0 aromatic heterocycles. The zero-order valence-electron chi connectivity index (χ0n) is 11.3. The standard InChI is InChI=1S/C14H20N2O3/c1-10-7-11(14(17)18)3-4-13(10)15-8-12-9-16(2)5-6-19-12/h3-4,7,12,15H,5-6,8-9H2,1-2H3,(H,17,18). The predicted octanol–water partition coefficient (Wildman–Crippen LogP) is 1.44. The van der Waals surface area contributed by atoms with E-state index in [2.05, 4.69) is 17.3 Å². The highest BCUT2D eigenvalue weighted by Gasteiger charge is 2.17. The molecular formula is C14H20N2O3. The third-order valence-corrected chi connectivity index (χ3v) is 3.34. The van der Waals surface area contributed by atoms with Crippen LogP contribution in [0.3, 0.4) is 0 Å². The highest BCUT2D eigenvalue weighted by Crippen LogP contribution is 2.17. The van der Waals surface area contributed by atoms with Crippen molar-refractivity contribution in [2.45, 2.75) is 13.0 Å². The van der Waals surface area contributed by atoms with Crippen LogP contribution in [-0.4, -0.2) is 55.4 Å². The molecule has 1 aliphatic rings. The summed E-state index contributed by atoms with van der Waals surface area (Å²) in [6.45, 7) is 5.29. The Morgan fingerprint density at radius 3 is 3.00 bits per heavy atom. The van der Waals surface area contributed by atoms with Crippen LogP contribution in [0.25, 0.3) is 0 Å². The second kappa shape index (κ2) is 6.04. The van der Waals surface area contributed by atoms with Gasteiger partial charge in [0.2, 0.25) is 0 Å². The first-order valence-corrected chi connectivity index (χ1v) is 6.44. The van der Waals surface area contributed by atoms with E-state index in [0.717, 1.165) is 37.5 Å². The first kappa shape index (κ1) is 13.8. The summed E-state index contributed by atoms with van der Waals surface area (Å²) < 4.78 is 5.67. The number of likely N-dealkylation sites (N-methyl/N-ethyl adjacent to an activating group) is 1. The molecule has 0 spiro atoms. The average molecular weight is 264 g/mol. The Hall–Kier alpha value is -1.59. The molecule has 5 nitrogen and oxygen atoms in total. The summed E-state index contributed by atoms with van der Waals surface area (Å²) in [5.41, 5.74) is 2.21. The number of hydrogen-bond acceptors (Lipinski definition) is 4. The summed E-state index contributed by atoms with van der Waals surface area (Å²) in [7, 11) is 2.09. The fourth-order valence-corrected chi connectivity index (χ4v) is 2.21. The minimum Gasteiger partial charge on any atom is -0.478 e. The van der Waals surface area contributed by atoms with Gasteiger partial charge in [0, 0.05) is 25.3 Å². The lowest BCUT2D eigenvalue weighted by Crippen LogP contribution is -2.43. The van der Waals surface area contributed by atoms with Gasteiger partial charge in [0.05, 0.1) is 18.3 Å². The van der Waals surface area contributed by atoms with Gasteiger partial charge in [-0.1, -0.05) is 0 Å². The first-order chi connectivity index (χ1) is 9.06. The minimum atomic E-state index is -0.896. The number of nitrogens with one attached hydrogen (secondary N) is 1. The molecule has 1 aliphatic heterocycles. The molecule has 0 radical (unpaired) electrons. The third kappa shape index (κ3) is 3.68. The largest absolute Gasteiger partial charge is 0.478 e. The van der Waals surface area contributed by atoms with Gasteiger partial charge in [-0.05, 0) is 37.7 Å². The Morgan fingerprint density at radius 2 is 2.37 bits per heavy atom. The maximum absolute atomic E-state index is 10.9. The van der Waals surface area contributed by atoms with E-state index in [1.54, 1.807) is 12.1 Å². The summed E-state index contributed by atoms with van der Waals surface area (Å²) in [5.74, 6) is -0.896. The van der Waals surface area contributed by atoms with E-state index in [1.165, 1.54) is 0 Å². The van der Waals surface area contributed by atoms with Crippen molar-refractivity contribution in [3.63, 3.8) is 0 Å². The van der Waals surface area contributed by atoms with E-state index in [-0.39, 0.29) is 6.10 Å². The number of ether oxygens (including phenoxy) is 1. The summed E-state index contributed by atoms with van der Waals surface area (Å²) in [6, 6.07) is 5.11. The Labute approximate surface area is 113 Å². The zero-order valence-corrected chi connectivity index (χ0v) is 11.3. The lowest BCUT2D eigenvalue weighted by atomic mass is 10.1. The normalized spacial score (nSPS) is 20.2. The Balaban J connectivity index is 1.94. The monoisotopic (exact) mass is 264 g/mol. The second-order valence-electron chi connectivity index (χ2n) is 4.97. The molecule has 1 aromatic rings. The van der Waals surface area contributed by atoms with Crippen molar-refractivity contribution in [1.29, 1.82) is 0 Å². The Bertz CT molecular complexity index is 462. The van der Waals surface area contributed by atoms with Gasteiger partial charge in [-0.15, -0.1) is 0 Å². The van der Waals surface area contributed by atoms with Gasteiger partial charge in [0.25, 0.3) is 0 Å². The van der Waals surface area contributed by atoms with Crippen molar-refractivity contribution < 1.29 is 14.6 Å². The van der Waals surface area contributed by atoms with Crippen LogP contribution >= 0.6 is 0 Å². The molecule has 104 valence electrons. The van der Waals surface area contributed by atoms with Crippen LogP contribution in [0.5, 0.6) is 0 Å². The zero-order chi connectivity index (χ0) is 13.8. The van der Waals surface area contributed by atoms with Crippen molar-refractivity contribution >= 4 is 11.7 Å². The smallest absolute Gasteiger partial charge is 0.335 e. The van der Waals surface area contributed by atoms with Gasteiger partial charge in [-0.3, -0.25) is 0 Å². The fraction of sp³-hybridized carbons (Fsp3) is 0.500. The van der Waals surface area contributed by atoms with Crippen molar-refractivity contribution in [3.8, 4) is 0 Å². The van der Waals surface area contributed by atoms with Crippen LogP contribution in [0, 0.1) is 6.92 Å². The molecule has 2 rings (SSSR count). The molecule has 0 saturated carbocycles. The van der Waals surface area contributed by atoms with Crippen LogP contribution in [0.1, 0.15) is 15.9 Å². The van der Waals surface area contributed by atoms with Crippen molar-refractivity contribution in [3.05, 3.63) is 29.3 Å². The van der Waals surface area contributed by atoms with Crippen LogP contribution in [0.4, 0.5) is 5.69 Å². The number of carbonyl (C=O) groups is 1. The lowest BCUT2D eigenvalue weighted by Gasteiger charge is -2.30. The number of benzene rings is 1. The number of nitrogens with zero attached hydrogens (tertiary/aromatic N) is 1. The summed E-state index contributed by atoms with van der Waals surface area (Å²) in [4.78, 5) is 13.1. The van der Waals surface area contributed by atoms with E-state index >= 15 is 0 Å². The minimum absolute atomic E-state index is 0.178. The van der Waals surface area contributed by atoms with E-state index < -0.39 is 5.97 Å². The summed E-state index contributed by atoms with van der Waals surface area (Å²) >= 11 is 0. The highest BCUT2D eigenvalue weighted by atomic mass is 16.5. The molecule has 0 bridgehead atoms. The number of carboxylic acids is 1. The molecule has 1 saturated heterocycles. The van der Waals surface area contributed by atoms with Gasteiger partial charge in [-0.2, -0.15) is 0 Å². The first-order valence-electron chi connectivity index (χ1n) is 6.44. The predicted molar refractivity (Wildman–Crippen MR) is 73.9 cm³/mol. The molecule has 1 aromatic carbocycles. The Morgan fingerprint density at radius 1 is 1.58 bits per heavy atom. The van der Waals surface area contributed by atoms with E-state index in [4.69, 9.17) is 9.84 Å². The Kier molecular flexibility index (Phi) is 4.39. The van der Waals surface area contributed by atoms with Crippen LogP contribution in [0.15, 0.2) is 18.2 Å². The van der Waals surface area contributed by atoms with E-state index in [1.807, 2.05) is 13.0 Å². The number of aryl methyl sites for hydroxylation is 1. The van der Waals surface area contributed by atoms with E-state index in [9.17, 15) is 4.79 Å². The molecule has 1 unspecified atom stereocenters. The SMILES string of the molecule is Cc1cc(C(=O)O)ccc1NCC1CN(C)CCO1. The van der Waals surface area contributed by atoms with Crippen LogP contribution < -0.4 is 5.32 Å². The fourth-order valence-electron chi connectivity index (χ4n) is 2.21. The summed E-state index contributed by atoms with van der Waals surface area (Å²) in [5, 5.41) is 12.2. The third-order valence-electron chi connectivity index (χ3n) is 3.34. The van der Waals surface area contributed by atoms with Gasteiger partial charge >= 0.3 is 5.97 Å². The molecule has 1 fully saturated rings. The van der Waals surface area contributed by atoms with Crippen LogP contribution in [-0.2, 0) is 4.74 Å². The van der Waals surface area contributed by atoms with Crippen LogP contribution in [0.2, 0.25) is 0 Å². The van der Waals surface area contributed by atoms with Crippen molar-refractivity contribution in [1.82, 2.24) is 4.90 Å². The van der Waals surface area contributed by atoms with Crippen molar-refractivity contribution in [2.24, 2.45) is 0 Å². The number of hydrogen-bond donors (Lipinski definition) is 2. The topological polar surface area (TPSA) is 61.8 Å². The van der Waals surface area contributed by atoms with Crippen molar-refractivity contribution in [2.75, 3.05) is 38.6 Å². The molecule has 19 heavy (non-hydrogen) atoms. The highest BCUT2D eigenvalue weighted by molar-refractivity contribution is 5.88. The van der Waals surface area contributed by atoms with Gasteiger partial charge < -0.3 is 20.1 Å². The molecule has 5 heteroatoms. The summed E-state index contributed by atoms with van der Waals surface area (Å²) in [6.07, 6.45) is 0.178. The maximum atomic E-state index is 10.9. The molecule has 1 atom stereocenters. The van der Waals surface area contributed by atoms with Gasteiger partial charge in [-0.25, -0.2) is 4.79 Å².